The molecule has 0 radical (unpaired) electrons. The number of hydrogen-bond acceptors (Lipinski definition) is 5. The lowest BCUT2D eigenvalue weighted by atomic mass is 9.99. The molecule has 1 heterocycles. The molecule has 0 aromatic heterocycles. The minimum atomic E-state index is -4.63. The summed E-state index contributed by atoms with van der Waals surface area (Å²) in [4.78, 5) is 23.0. The van der Waals surface area contributed by atoms with E-state index in [1.54, 1.807) is 20.8 Å². The van der Waals surface area contributed by atoms with Gasteiger partial charge in [-0.2, -0.15) is 13.2 Å². The van der Waals surface area contributed by atoms with Crippen LogP contribution in [0.25, 0.3) is 0 Å². The summed E-state index contributed by atoms with van der Waals surface area (Å²) in [6.07, 6.45) is -5.65. The maximum Gasteiger partial charge on any atom is 0.442 e. The van der Waals surface area contributed by atoms with Crippen LogP contribution >= 0.6 is 0 Å². The maximum atomic E-state index is 13.0. The molecule has 0 bridgehead atoms. The third-order valence-corrected chi connectivity index (χ3v) is 3.48. The Kier molecular flexibility index (Phi) is 4.98. The number of carbonyl (C=O) groups excluding carboxylic acids is 1. The van der Waals surface area contributed by atoms with E-state index in [1.807, 2.05) is 0 Å². The summed E-state index contributed by atoms with van der Waals surface area (Å²) >= 11 is 0. The largest absolute Gasteiger partial charge is 0.480 e. The van der Waals surface area contributed by atoms with Gasteiger partial charge in [0.25, 0.3) is 0 Å². The molecule has 0 aliphatic carbocycles. The van der Waals surface area contributed by atoms with Crippen molar-refractivity contribution < 1.29 is 32.6 Å². The summed E-state index contributed by atoms with van der Waals surface area (Å²) in [5, 5.41) is 17.7. The number of carbonyl (C=O) groups is 2. The molecule has 1 amide bonds. The molecule has 0 fully saturated rings. The molecule has 0 saturated carbocycles. The van der Waals surface area contributed by atoms with Crippen LogP contribution in [0.3, 0.4) is 0 Å². The molecule has 142 valence electrons. The van der Waals surface area contributed by atoms with Gasteiger partial charge in [0.05, 0.1) is 0 Å². The Morgan fingerprint density at radius 1 is 1.19 bits per heavy atom. The summed E-state index contributed by atoms with van der Waals surface area (Å²) in [6.45, 7) is 4.89. The van der Waals surface area contributed by atoms with Gasteiger partial charge in [-0.1, -0.05) is 24.3 Å². The van der Waals surface area contributed by atoms with Crippen molar-refractivity contribution in [2.45, 2.75) is 50.7 Å². The lowest BCUT2D eigenvalue weighted by molar-refractivity contribution is -0.166. The van der Waals surface area contributed by atoms with Crippen LogP contribution in [-0.2, 0) is 21.6 Å². The van der Waals surface area contributed by atoms with Crippen molar-refractivity contribution >= 4 is 12.1 Å². The highest BCUT2D eigenvalue weighted by Gasteiger charge is 2.65. The van der Waals surface area contributed by atoms with Gasteiger partial charge in [0.15, 0.2) is 0 Å². The number of benzene rings is 1. The lowest BCUT2D eigenvalue weighted by Crippen LogP contribution is -2.44. The molecule has 1 aromatic rings. The number of carboxylic acids is 1. The van der Waals surface area contributed by atoms with Crippen LogP contribution in [0.4, 0.5) is 18.0 Å². The van der Waals surface area contributed by atoms with Crippen molar-refractivity contribution in [2.24, 2.45) is 10.2 Å². The first-order valence-corrected chi connectivity index (χ1v) is 7.66. The molecule has 1 aromatic carbocycles. The van der Waals surface area contributed by atoms with E-state index in [-0.39, 0.29) is 12.0 Å². The minimum absolute atomic E-state index is 0.123. The Morgan fingerprint density at radius 3 is 2.12 bits per heavy atom. The molecular weight excluding hydrogens is 355 g/mol. The number of carboxylic acid groups (broad SMARTS) is 1. The van der Waals surface area contributed by atoms with Gasteiger partial charge in [-0.25, -0.2) is 9.59 Å². The maximum absolute atomic E-state index is 13.0. The number of aliphatic carboxylic acids is 1. The molecule has 10 heteroatoms. The molecule has 0 saturated heterocycles. The fourth-order valence-corrected chi connectivity index (χ4v) is 2.20. The zero-order chi connectivity index (χ0) is 19.8. The van der Waals surface area contributed by atoms with Gasteiger partial charge < -0.3 is 15.2 Å². The van der Waals surface area contributed by atoms with Gasteiger partial charge in [0.2, 0.25) is 0 Å². The van der Waals surface area contributed by atoms with E-state index in [2.05, 4.69) is 15.5 Å². The number of alkyl halides is 3. The van der Waals surface area contributed by atoms with Crippen LogP contribution < -0.4 is 5.32 Å². The van der Waals surface area contributed by atoms with E-state index in [1.165, 1.54) is 24.3 Å². The number of amides is 1. The molecule has 2 N–H and O–H groups in total. The average molecular weight is 373 g/mol. The fourth-order valence-electron chi connectivity index (χ4n) is 2.20. The molecule has 0 spiro atoms. The number of nitrogens with zero attached hydrogens (tertiary/aromatic N) is 2. The highest BCUT2D eigenvalue weighted by atomic mass is 19.4. The van der Waals surface area contributed by atoms with Crippen molar-refractivity contribution in [3.8, 4) is 0 Å². The predicted molar refractivity (Wildman–Crippen MR) is 83.5 cm³/mol. The molecule has 1 aliphatic rings. The van der Waals surface area contributed by atoms with Gasteiger partial charge in [-0.3, -0.25) is 0 Å². The summed E-state index contributed by atoms with van der Waals surface area (Å²) < 4.78 is 43.9. The van der Waals surface area contributed by atoms with Crippen molar-refractivity contribution in [3.63, 3.8) is 0 Å². The Labute approximate surface area is 147 Å². The summed E-state index contributed by atoms with van der Waals surface area (Å²) in [5.41, 5.74) is -3.04. The number of ether oxygens (including phenoxy) is 1. The van der Waals surface area contributed by atoms with Crippen molar-refractivity contribution in [1.82, 2.24) is 5.32 Å². The number of nitrogens with one attached hydrogen (secondary N) is 1. The van der Waals surface area contributed by atoms with Crippen molar-refractivity contribution in [2.75, 3.05) is 0 Å². The third-order valence-electron chi connectivity index (χ3n) is 3.48. The number of rotatable bonds is 5. The van der Waals surface area contributed by atoms with Crippen molar-refractivity contribution in [1.29, 1.82) is 0 Å². The Morgan fingerprint density at radius 2 is 1.73 bits per heavy atom. The van der Waals surface area contributed by atoms with Gasteiger partial charge >= 0.3 is 23.9 Å². The van der Waals surface area contributed by atoms with Gasteiger partial charge in [0, 0.05) is 12.0 Å². The van der Waals surface area contributed by atoms with Crippen molar-refractivity contribution in [3.05, 3.63) is 35.4 Å². The second kappa shape index (κ2) is 6.58. The van der Waals surface area contributed by atoms with Gasteiger partial charge in [-0.05, 0) is 26.3 Å². The first-order valence-electron chi connectivity index (χ1n) is 7.66. The van der Waals surface area contributed by atoms with Crippen LogP contribution in [0.1, 0.15) is 31.9 Å². The first kappa shape index (κ1) is 19.7. The fraction of sp³-hybridized carbons (Fsp3) is 0.500. The number of alkyl carbamates (subject to hydrolysis) is 1. The molecular formula is C16H18F3N3O4. The molecule has 2 rings (SSSR count). The minimum Gasteiger partial charge on any atom is -0.480 e. The van der Waals surface area contributed by atoms with Crippen LogP contribution in [-0.4, -0.2) is 35.0 Å². The Hall–Kier alpha value is -2.65. The Balaban J connectivity index is 2.06. The standard InChI is InChI=1S/C16H18F3N3O4/c1-14(2,3)26-13(25)20-11(12(23)24)8-9-4-6-10(7-5-9)15(21-22-15)16(17,18)19/h4-7,11H,8H2,1-3H3,(H,20,25)(H,23,24)/t11-/m1/s1. The molecule has 0 unspecified atom stereocenters. The molecule has 26 heavy (non-hydrogen) atoms. The summed E-state index contributed by atoms with van der Waals surface area (Å²) in [5.74, 6) is -1.29. The van der Waals surface area contributed by atoms with E-state index in [0.717, 1.165) is 0 Å². The van der Waals surface area contributed by atoms with E-state index < -0.39 is 35.5 Å². The first-order chi connectivity index (χ1) is 11.8. The monoisotopic (exact) mass is 373 g/mol. The van der Waals surface area contributed by atoms with E-state index in [0.29, 0.717) is 5.56 Å². The number of halogens is 3. The summed E-state index contributed by atoms with van der Waals surface area (Å²) in [6, 6.07) is 3.78. The van der Waals surface area contributed by atoms with E-state index in [9.17, 15) is 27.9 Å². The summed E-state index contributed by atoms with van der Waals surface area (Å²) in [7, 11) is 0. The number of hydrogen-bond donors (Lipinski definition) is 2. The third kappa shape index (κ3) is 4.50. The molecule has 1 atom stereocenters. The zero-order valence-electron chi connectivity index (χ0n) is 14.3. The SMILES string of the molecule is CC(C)(C)OC(=O)N[C@H](Cc1ccc(C2(C(F)(F)F)N=N2)cc1)C(=O)O. The predicted octanol–water partition coefficient (Wildman–Crippen LogP) is 3.39. The normalized spacial score (nSPS) is 16.7. The van der Waals surface area contributed by atoms with Gasteiger partial charge in [-0.15, -0.1) is 10.2 Å². The van der Waals surface area contributed by atoms with Crippen LogP contribution in [0, 0.1) is 0 Å². The highest BCUT2D eigenvalue weighted by molar-refractivity contribution is 5.80. The zero-order valence-corrected chi connectivity index (χ0v) is 14.3. The topological polar surface area (TPSA) is 100 Å². The van der Waals surface area contributed by atoms with E-state index in [4.69, 9.17) is 4.74 Å². The average Bonchev–Trinajstić information content (AvgIpc) is 3.26. The van der Waals surface area contributed by atoms with E-state index >= 15 is 0 Å². The molecule has 1 aliphatic heterocycles. The smallest absolute Gasteiger partial charge is 0.442 e. The highest BCUT2D eigenvalue weighted by Crippen LogP contribution is 2.52. The second-order valence-electron chi connectivity index (χ2n) is 6.81. The van der Waals surface area contributed by atoms with Crippen LogP contribution in [0.5, 0.6) is 0 Å². The van der Waals surface area contributed by atoms with Crippen LogP contribution in [0.15, 0.2) is 34.5 Å². The van der Waals surface area contributed by atoms with Gasteiger partial charge in [0.1, 0.15) is 11.6 Å². The lowest BCUT2D eigenvalue weighted by Gasteiger charge is -2.22. The van der Waals surface area contributed by atoms with Crippen LogP contribution in [0.2, 0.25) is 0 Å². The molecule has 7 nitrogen and oxygen atoms in total. The second-order valence-corrected chi connectivity index (χ2v) is 6.81. The quantitative estimate of drug-likeness (QED) is 0.826. The Bertz CT molecular complexity index is 718.